The predicted molar refractivity (Wildman–Crippen MR) is 46.4 cm³/mol. The zero-order valence-electron chi connectivity index (χ0n) is 7.96. The van der Waals surface area contributed by atoms with Crippen LogP contribution in [0.4, 0.5) is 0 Å². The van der Waals surface area contributed by atoms with E-state index in [1.807, 2.05) is 6.92 Å². The SMILES string of the molecule is CC1N=NC(C#CC(C)(C)C)O1. The number of hydrogen-bond acceptors (Lipinski definition) is 3. The molecule has 0 saturated carbocycles. The number of nitrogens with zero attached hydrogens (tertiary/aromatic N) is 2. The molecule has 0 saturated heterocycles. The van der Waals surface area contributed by atoms with E-state index in [0.29, 0.717) is 0 Å². The van der Waals surface area contributed by atoms with Crippen LogP contribution in [0.1, 0.15) is 27.7 Å². The summed E-state index contributed by atoms with van der Waals surface area (Å²) in [4.78, 5) is 0. The van der Waals surface area contributed by atoms with Gasteiger partial charge in [-0.2, -0.15) is 5.11 Å². The Morgan fingerprint density at radius 2 is 1.92 bits per heavy atom. The van der Waals surface area contributed by atoms with Crippen LogP contribution < -0.4 is 0 Å². The van der Waals surface area contributed by atoms with Crippen molar-refractivity contribution in [1.29, 1.82) is 0 Å². The van der Waals surface area contributed by atoms with Gasteiger partial charge in [-0.25, -0.2) is 0 Å². The van der Waals surface area contributed by atoms with Crippen molar-refractivity contribution in [2.75, 3.05) is 0 Å². The fraction of sp³-hybridized carbons (Fsp3) is 0.778. The highest BCUT2D eigenvalue weighted by atomic mass is 16.5. The van der Waals surface area contributed by atoms with Crippen LogP contribution >= 0.6 is 0 Å². The fourth-order valence-electron chi connectivity index (χ4n) is 0.737. The van der Waals surface area contributed by atoms with E-state index in [9.17, 15) is 0 Å². The Morgan fingerprint density at radius 3 is 2.33 bits per heavy atom. The molecule has 1 aliphatic rings. The largest absolute Gasteiger partial charge is 0.317 e. The van der Waals surface area contributed by atoms with Crippen molar-refractivity contribution in [1.82, 2.24) is 0 Å². The van der Waals surface area contributed by atoms with Crippen LogP contribution in [0.5, 0.6) is 0 Å². The van der Waals surface area contributed by atoms with Crippen molar-refractivity contribution in [2.24, 2.45) is 15.6 Å². The summed E-state index contributed by atoms with van der Waals surface area (Å²) in [5.41, 5.74) is 0.00467. The first kappa shape index (κ1) is 9.21. The second-order valence-electron chi connectivity index (χ2n) is 3.84. The van der Waals surface area contributed by atoms with Gasteiger partial charge < -0.3 is 4.74 Å². The molecule has 0 spiro atoms. The zero-order valence-corrected chi connectivity index (χ0v) is 7.96. The average Bonchev–Trinajstić information content (AvgIpc) is 2.30. The van der Waals surface area contributed by atoms with E-state index in [-0.39, 0.29) is 17.9 Å². The van der Waals surface area contributed by atoms with Crippen molar-refractivity contribution in [3.8, 4) is 11.8 Å². The predicted octanol–water partition coefficient (Wildman–Crippen LogP) is 2.19. The number of ether oxygens (including phenoxy) is 1. The lowest BCUT2D eigenvalue weighted by atomic mass is 9.98. The lowest BCUT2D eigenvalue weighted by molar-refractivity contribution is 0.0774. The Hall–Kier alpha value is -0.880. The summed E-state index contributed by atoms with van der Waals surface area (Å²) in [7, 11) is 0. The molecule has 0 aliphatic carbocycles. The third kappa shape index (κ3) is 3.02. The Kier molecular flexibility index (Phi) is 2.49. The van der Waals surface area contributed by atoms with E-state index in [0.717, 1.165) is 0 Å². The maximum Gasteiger partial charge on any atom is 0.232 e. The maximum atomic E-state index is 5.25. The molecule has 0 aromatic carbocycles. The van der Waals surface area contributed by atoms with Gasteiger partial charge in [-0.15, -0.1) is 5.11 Å². The molecule has 2 unspecified atom stereocenters. The fourth-order valence-corrected chi connectivity index (χ4v) is 0.737. The van der Waals surface area contributed by atoms with Gasteiger partial charge in [-0.05, 0) is 33.6 Å². The Labute approximate surface area is 73.2 Å². The number of rotatable bonds is 0. The van der Waals surface area contributed by atoms with Crippen LogP contribution in [0, 0.1) is 17.3 Å². The number of azo groups is 1. The van der Waals surface area contributed by atoms with Crippen LogP contribution in [-0.2, 0) is 4.74 Å². The minimum atomic E-state index is -0.348. The second-order valence-corrected chi connectivity index (χ2v) is 3.84. The lowest BCUT2D eigenvalue weighted by Crippen LogP contribution is -2.08. The van der Waals surface area contributed by atoms with E-state index in [1.165, 1.54) is 0 Å². The lowest BCUT2D eigenvalue weighted by Gasteiger charge is -2.07. The molecular formula is C9H14N2O. The Morgan fingerprint density at radius 1 is 1.25 bits per heavy atom. The van der Waals surface area contributed by atoms with Crippen molar-refractivity contribution >= 4 is 0 Å². The highest BCUT2D eigenvalue weighted by molar-refractivity contribution is 5.11. The van der Waals surface area contributed by atoms with Crippen LogP contribution in [0.3, 0.4) is 0 Å². The molecule has 3 heteroatoms. The molecule has 0 aromatic rings. The third-order valence-electron chi connectivity index (χ3n) is 1.23. The molecule has 1 heterocycles. The van der Waals surface area contributed by atoms with Gasteiger partial charge in [0, 0.05) is 5.41 Å². The molecule has 1 rings (SSSR count). The molecule has 2 atom stereocenters. The summed E-state index contributed by atoms with van der Waals surface area (Å²) in [5.74, 6) is 5.97. The van der Waals surface area contributed by atoms with E-state index in [2.05, 4.69) is 42.8 Å². The van der Waals surface area contributed by atoms with Crippen LogP contribution in [0.2, 0.25) is 0 Å². The van der Waals surface area contributed by atoms with Crippen LogP contribution in [0.15, 0.2) is 10.2 Å². The normalized spacial score (nSPS) is 28.3. The van der Waals surface area contributed by atoms with Crippen molar-refractivity contribution in [3.63, 3.8) is 0 Å². The molecule has 0 fully saturated rings. The smallest absolute Gasteiger partial charge is 0.232 e. The van der Waals surface area contributed by atoms with Gasteiger partial charge in [-0.1, -0.05) is 5.92 Å². The molecule has 3 nitrogen and oxygen atoms in total. The first-order valence-corrected chi connectivity index (χ1v) is 4.05. The molecule has 0 amide bonds. The number of hydrogen-bond donors (Lipinski definition) is 0. The molecule has 0 N–H and O–H groups in total. The van der Waals surface area contributed by atoms with Gasteiger partial charge in [0.25, 0.3) is 0 Å². The second kappa shape index (κ2) is 3.24. The molecule has 0 radical (unpaired) electrons. The monoisotopic (exact) mass is 166 g/mol. The van der Waals surface area contributed by atoms with Crippen LogP contribution in [-0.4, -0.2) is 12.5 Å². The quantitative estimate of drug-likeness (QED) is 0.508. The van der Waals surface area contributed by atoms with Gasteiger partial charge in [0.15, 0.2) is 6.23 Å². The highest BCUT2D eigenvalue weighted by Crippen LogP contribution is 2.13. The summed E-state index contributed by atoms with van der Waals surface area (Å²) in [5, 5.41) is 7.67. The standard InChI is InChI=1S/C9H14N2O/c1-7-10-11-8(12-7)5-6-9(2,3)4/h7-8H,1-4H3. The minimum Gasteiger partial charge on any atom is -0.317 e. The summed E-state index contributed by atoms with van der Waals surface area (Å²) in [6.07, 6.45) is -0.483. The molecular weight excluding hydrogens is 152 g/mol. The average molecular weight is 166 g/mol. The van der Waals surface area contributed by atoms with E-state index in [4.69, 9.17) is 4.74 Å². The molecule has 12 heavy (non-hydrogen) atoms. The van der Waals surface area contributed by atoms with Gasteiger partial charge in [0.2, 0.25) is 6.23 Å². The Balaban J connectivity index is 2.52. The van der Waals surface area contributed by atoms with Crippen molar-refractivity contribution < 1.29 is 4.74 Å². The first-order valence-electron chi connectivity index (χ1n) is 4.05. The summed E-state index contributed by atoms with van der Waals surface area (Å²) < 4.78 is 5.25. The van der Waals surface area contributed by atoms with Crippen molar-refractivity contribution in [2.45, 2.75) is 40.2 Å². The van der Waals surface area contributed by atoms with E-state index < -0.39 is 0 Å². The summed E-state index contributed by atoms with van der Waals surface area (Å²) in [6.45, 7) is 8.00. The maximum absolute atomic E-state index is 5.25. The van der Waals surface area contributed by atoms with E-state index >= 15 is 0 Å². The first-order chi connectivity index (χ1) is 5.47. The zero-order chi connectivity index (χ0) is 9.19. The summed E-state index contributed by atoms with van der Waals surface area (Å²) in [6, 6.07) is 0. The van der Waals surface area contributed by atoms with E-state index in [1.54, 1.807) is 0 Å². The molecule has 1 aliphatic heterocycles. The molecule has 0 bridgehead atoms. The van der Waals surface area contributed by atoms with Gasteiger partial charge >= 0.3 is 0 Å². The van der Waals surface area contributed by atoms with Gasteiger partial charge in [0.1, 0.15) is 0 Å². The highest BCUT2D eigenvalue weighted by Gasteiger charge is 2.15. The molecule has 0 aromatic heterocycles. The minimum absolute atomic E-state index is 0.00467. The van der Waals surface area contributed by atoms with Gasteiger partial charge in [-0.3, -0.25) is 0 Å². The van der Waals surface area contributed by atoms with Crippen LogP contribution in [0.25, 0.3) is 0 Å². The summed E-state index contributed by atoms with van der Waals surface area (Å²) >= 11 is 0. The topological polar surface area (TPSA) is 34.0 Å². The van der Waals surface area contributed by atoms with Gasteiger partial charge in [0.05, 0.1) is 0 Å². The third-order valence-corrected chi connectivity index (χ3v) is 1.23. The Bertz CT molecular complexity index is 241. The van der Waals surface area contributed by atoms with Crippen molar-refractivity contribution in [3.05, 3.63) is 0 Å². The molecule has 66 valence electrons.